The van der Waals surface area contributed by atoms with E-state index in [2.05, 4.69) is 75.4 Å². The van der Waals surface area contributed by atoms with Crippen LogP contribution in [0, 0.1) is 0 Å². The number of halogens is 1. The van der Waals surface area contributed by atoms with Crippen molar-refractivity contribution in [3.63, 3.8) is 0 Å². The number of anilines is 1. The van der Waals surface area contributed by atoms with Crippen LogP contribution in [0.15, 0.2) is 59.1 Å². The van der Waals surface area contributed by atoms with E-state index in [-0.39, 0.29) is 0 Å². The van der Waals surface area contributed by atoms with Crippen LogP contribution in [0.4, 0.5) is 5.69 Å². The number of rotatable bonds is 2. The molecule has 1 aliphatic rings. The Morgan fingerprint density at radius 3 is 2.39 bits per heavy atom. The molecule has 1 nitrogen and oxygen atoms in total. The Morgan fingerprint density at radius 1 is 0.944 bits per heavy atom. The van der Waals surface area contributed by atoms with Gasteiger partial charge in [0, 0.05) is 16.7 Å². The van der Waals surface area contributed by atoms with Crippen LogP contribution in [-0.2, 0) is 0 Å². The molecule has 2 heteroatoms. The van der Waals surface area contributed by atoms with Crippen molar-refractivity contribution in [3.8, 4) is 0 Å². The predicted molar refractivity (Wildman–Crippen MR) is 79.9 cm³/mol. The van der Waals surface area contributed by atoms with E-state index in [0.29, 0.717) is 6.04 Å². The predicted octanol–water partition coefficient (Wildman–Crippen LogP) is 4.79. The second kappa shape index (κ2) is 5.15. The fourth-order valence-corrected chi connectivity index (χ4v) is 2.99. The molecule has 3 rings (SSSR count). The van der Waals surface area contributed by atoms with E-state index in [1.54, 1.807) is 0 Å². The Morgan fingerprint density at radius 2 is 1.67 bits per heavy atom. The lowest BCUT2D eigenvalue weighted by atomic mass is 10.0. The van der Waals surface area contributed by atoms with Crippen molar-refractivity contribution in [3.05, 3.63) is 64.6 Å². The summed E-state index contributed by atoms with van der Waals surface area (Å²) in [6, 6.07) is 20.0. The normalized spacial score (nSPS) is 19.2. The van der Waals surface area contributed by atoms with Crippen molar-refractivity contribution < 1.29 is 0 Å². The zero-order chi connectivity index (χ0) is 12.4. The van der Waals surface area contributed by atoms with Crippen molar-refractivity contribution in [2.24, 2.45) is 0 Å². The summed E-state index contributed by atoms with van der Waals surface area (Å²) in [4.78, 5) is 2.52. The fourth-order valence-electron chi connectivity index (χ4n) is 2.73. The largest absolute Gasteiger partial charge is 0.364 e. The zero-order valence-electron chi connectivity index (χ0n) is 10.2. The molecule has 0 bridgehead atoms. The average molecular weight is 302 g/mol. The Balaban J connectivity index is 1.90. The molecule has 18 heavy (non-hydrogen) atoms. The molecule has 0 aliphatic carbocycles. The molecule has 1 saturated heterocycles. The van der Waals surface area contributed by atoms with Gasteiger partial charge >= 0.3 is 0 Å². The first kappa shape index (κ1) is 11.8. The van der Waals surface area contributed by atoms with Crippen molar-refractivity contribution in [2.45, 2.75) is 18.9 Å². The van der Waals surface area contributed by atoms with Gasteiger partial charge in [0.15, 0.2) is 0 Å². The maximum Gasteiger partial charge on any atom is 0.0543 e. The molecule has 92 valence electrons. The summed E-state index contributed by atoms with van der Waals surface area (Å²) in [7, 11) is 0. The fraction of sp³-hybridized carbons (Fsp3) is 0.250. The van der Waals surface area contributed by atoms with Crippen LogP contribution in [0.5, 0.6) is 0 Å². The first-order valence-corrected chi connectivity index (χ1v) is 7.21. The van der Waals surface area contributed by atoms with Crippen LogP contribution in [0.3, 0.4) is 0 Å². The number of hydrogen-bond donors (Lipinski definition) is 0. The zero-order valence-corrected chi connectivity index (χ0v) is 11.8. The third-order valence-corrected chi connectivity index (χ3v) is 4.12. The van der Waals surface area contributed by atoms with Gasteiger partial charge in [0.2, 0.25) is 0 Å². The lowest BCUT2D eigenvalue weighted by Gasteiger charge is -2.27. The molecule has 2 aromatic rings. The Hall–Kier alpha value is -1.28. The molecule has 0 aromatic heterocycles. The van der Waals surface area contributed by atoms with E-state index in [9.17, 15) is 0 Å². The molecular weight excluding hydrogens is 286 g/mol. The molecule has 0 saturated carbocycles. The average Bonchev–Trinajstić information content (AvgIpc) is 2.90. The van der Waals surface area contributed by atoms with Crippen molar-refractivity contribution in [1.29, 1.82) is 0 Å². The third kappa shape index (κ3) is 2.30. The lowest BCUT2D eigenvalue weighted by molar-refractivity contribution is 0.719. The summed E-state index contributed by atoms with van der Waals surface area (Å²) in [5.41, 5.74) is 2.75. The van der Waals surface area contributed by atoms with Crippen LogP contribution in [0.2, 0.25) is 0 Å². The molecule has 0 amide bonds. The summed E-state index contributed by atoms with van der Waals surface area (Å²) in [6.07, 6.45) is 2.52. The minimum Gasteiger partial charge on any atom is -0.364 e. The number of nitrogens with zero attached hydrogens (tertiary/aromatic N) is 1. The monoisotopic (exact) mass is 301 g/mol. The van der Waals surface area contributed by atoms with Crippen LogP contribution in [-0.4, -0.2) is 6.54 Å². The van der Waals surface area contributed by atoms with Gasteiger partial charge in [-0.2, -0.15) is 0 Å². The summed E-state index contributed by atoms with van der Waals surface area (Å²) < 4.78 is 1.15. The van der Waals surface area contributed by atoms with Gasteiger partial charge in [0.1, 0.15) is 0 Å². The molecule has 1 atom stereocenters. The highest BCUT2D eigenvalue weighted by molar-refractivity contribution is 9.10. The highest BCUT2D eigenvalue weighted by atomic mass is 79.9. The van der Waals surface area contributed by atoms with E-state index < -0.39 is 0 Å². The summed E-state index contributed by atoms with van der Waals surface area (Å²) in [5.74, 6) is 0. The van der Waals surface area contributed by atoms with E-state index >= 15 is 0 Å². The van der Waals surface area contributed by atoms with Gasteiger partial charge in [0.25, 0.3) is 0 Å². The molecule has 1 heterocycles. The van der Waals surface area contributed by atoms with Gasteiger partial charge in [-0.3, -0.25) is 0 Å². The standard InChI is InChI=1S/C16H16BrN/c17-14-10-8-13(9-11-14)16-7-4-12-18(16)15-5-2-1-3-6-15/h1-3,5-6,8-11,16H,4,7,12H2. The number of benzene rings is 2. The second-order valence-electron chi connectivity index (χ2n) is 4.74. The van der Waals surface area contributed by atoms with Gasteiger partial charge in [0.05, 0.1) is 6.04 Å². The van der Waals surface area contributed by atoms with Gasteiger partial charge in [-0.1, -0.05) is 46.3 Å². The summed E-state index contributed by atoms with van der Waals surface area (Å²) in [6.45, 7) is 1.16. The third-order valence-electron chi connectivity index (χ3n) is 3.60. The molecule has 1 unspecified atom stereocenters. The maximum absolute atomic E-state index is 3.50. The molecule has 1 fully saturated rings. The van der Waals surface area contributed by atoms with Gasteiger partial charge < -0.3 is 4.90 Å². The molecule has 1 aliphatic heterocycles. The van der Waals surface area contributed by atoms with E-state index in [1.807, 2.05) is 0 Å². The van der Waals surface area contributed by atoms with Crippen molar-refractivity contribution >= 4 is 21.6 Å². The van der Waals surface area contributed by atoms with Crippen LogP contribution >= 0.6 is 15.9 Å². The Kier molecular flexibility index (Phi) is 3.37. The minimum absolute atomic E-state index is 0.528. The highest BCUT2D eigenvalue weighted by Crippen LogP contribution is 2.36. The van der Waals surface area contributed by atoms with Crippen LogP contribution < -0.4 is 4.90 Å². The topological polar surface area (TPSA) is 3.24 Å². The Bertz CT molecular complexity index is 506. The number of hydrogen-bond acceptors (Lipinski definition) is 1. The first-order valence-electron chi connectivity index (χ1n) is 6.42. The SMILES string of the molecule is Brc1ccc(C2CCCN2c2ccccc2)cc1. The van der Waals surface area contributed by atoms with Crippen LogP contribution in [0.25, 0.3) is 0 Å². The van der Waals surface area contributed by atoms with Crippen molar-refractivity contribution in [1.82, 2.24) is 0 Å². The quantitative estimate of drug-likeness (QED) is 0.771. The summed E-state index contributed by atoms with van der Waals surface area (Å²) in [5, 5.41) is 0. The highest BCUT2D eigenvalue weighted by Gasteiger charge is 2.25. The van der Waals surface area contributed by atoms with Crippen LogP contribution in [0.1, 0.15) is 24.4 Å². The van der Waals surface area contributed by atoms with E-state index in [4.69, 9.17) is 0 Å². The molecule has 0 spiro atoms. The van der Waals surface area contributed by atoms with Gasteiger partial charge in [-0.15, -0.1) is 0 Å². The molecule has 0 radical (unpaired) electrons. The minimum atomic E-state index is 0.528. The van der Waals surface area contributed by atoms with Gasteiger partial charge in [-0.25, -0.2) is 0 Å². The second-order valence-corrected chi connectivity index (χ2v) is 5.65. The summed E-state index contributed by atoms with van der Waals surface area (Å²) >= 11 is 3.50. The lowest BCUT2D eigenvalue weighted by Crippen LogP contribution is -2.22. The smallest absolute Gasteiger partial charge is 0.0543 e. The number of para-hydroxylation sites is 1. The van der Waals surface area contributed by atoms with E-state index in [0.717, 1.165) is 11.0 Å². The molecule has 2 aromatic carbocycles. The molecule has 0 N–H and O–H groups in total. The maximum atomic E-state index is 3.50. The molecular formula is C16H16BrN. The van der Waals surface area contributed by atoms with Crippen molar-refractivity contribution in [2.75, 3.05) is 11.4 Å². The first-order chi connectivity index (χ1) is 8.84. The van der Waals surface area contributed by atoms with Gasteiger partial charge in [-0.05, 0) is 42.7 Å². The van der Waals surface area contributed by atoms with E-state index in [1.165, 1.54) is 24.1 Å². The Labute approximate surface area is 117 Å².